The SMILES string of the molecule is CCc1nnc(NC2CC2CC)nc1CC. The first-order chi connectivity index (χ1) is 7.78. The van der Waals surface area contributed by atoms with Crippen molar-refractivity contribution < 1.29 is 0 Å². The van der Waals surface area contributed by atoms with Crippen molar-refractivity contribution in [3.63, 3.8) is 0 Å². The molecule has 1 saturated carbocycles. The highest BCUT2D eigenvalue weighted by Gasteiger charge is 2.35. The van der Waals surface area contributed by atoms with Crippen LogP contribution in [0.1, 0.15) is 45.0 Å². The van der Waals surface area contributed by atoms with Gasteiger partial charge in [-0.15, -0.1) is 5.10 Å². The number of nitrogens with one attached hydrogen (secondary N) is 1. The van der Waals surface area contributed by atoms with Gasteiger partial charge in [0.1, 0.15) is 0 Å². The maximum absolute atomic E-state index is 4.53. The summed E-state index contributed by atoms with van der Waals surface area (Å²) in [5, 5.41) is 11.7. The summed E-state index contributed by atoms with van der Waals surface area (Å²) in [7, 11) is 0. The number of hydrogen-bond donors (Lipinski definition) is 1. The summed E-state index contributed by atoms with van der Waals surface area (Å²) in [6.07, 6.45) is 4.31. The van der Waals surface area contributed by atoms with Crippen LogP contribution in [0.3, 0.4) is 0 Å². The molecule has 0 saturated heterocycles. The molecule has 1 aromatic rings. The van der Waals surface area contributed by atoms with Crippen LogP contribution in [-0.2, 0) is 12.8 Å². The first kappa shape index (κ1) is 11.3. The normalized spacial score (nSPS) is 23.2. The van der Waals surface area contributed by atoms with E-state index in [2.05, 4.69) is 41.3 Å². The third kappa shape index (κ3) is 2.31. The number of aromatic nitrogens is 3. The quantitative estimate of drug-likeness (QED) is 0.826. The van der Waals surface area contributed by atoms with E-state index in [9.17, 15) is 0 Å². The van der Waals surface area contributed by atoms with Gasteiger partial charge in [0.15, 0.2) is 0 Å². The number of aryl methyl sites for hydroxylation is 2. The lowest BCUT2D eigenvalue weighted by atomic mass is 10.2. The standard InChI is InChI=1S/C12H20N4/c1-4-8-7-11(8)14-12-13-9(5-2)10(6-3)15-16-12/h8,11H,4-7H2,1-3H3,(H,13,14,16). The summed E-state index contributed by atoms with van der Waals surface area (Å²) >= 11 is 0. The van der Waals surface area contributed by atoms with Crippen LogP contribution in [0, 0.1) is 5.92 Å². The summed E-state index contributed by atoms with van der Waals surface area (Å²) < 4.78 is 0. The van der Waals surface area contributed by atoms with Crippen molar-refractivity contribution in [3.05, 3.63) is 11.4 Å². The summed E-state index contributed by atoms with van der Waals surface area (Å²) in [6, 6.07) is 0.573. The summed E-state index contributed by atoms with van der Waals surface area (Å²) in [5.74, 6) is 1.51. The molecule has 4 heteroatoms. The van der Waals surface area contributed by atoms with Gasteiger partial charge in [0.2, 0.25) is 5.95 Å². The average molecular weight is 220 g/mol. The Kier molecular flexibility index (Phi) is 3.36. The van der Waals surface area contributed by atoms with Gasteiger partial charge < -0.3 is 5.32 Å². The Morgan fingerprint density at radius 1 is 1.12 bits per heavy atom. The monoisotopic (exact) mass is 220 g/mol. The molecule has 0 aliphatic heterocycles. The molecule has 4 nitrogen and oxygen atoms in total. The molecule has 0 radical (unpaired) electrons. The van der Waals surface area contributed by atoms with E-state index < -0.39 is 0 Å². The Morgan fingerprint density at radius 3 is 2.44 bits per heavy atom. The molecule has 0 aromatic carbocycles. The second kappa shape index (κ2) is 4.76. The highest BCUT2D eigenvalue weighted by molar-refractivity contribution is 5.30. The summed E-state index contributed by atoms with van der Waals surface area (Å²) in [6.45, 7) is 6.42. The molecule has 1 aromatic heterocycles. The van der Waals surface area contributed by atoms with Crippen molar-refractivity contribution in [1.82, 2.24) is 15.2 Å². The van der Waals surface area contributed by atoms with Gasteiger partial charge in [-0.25, -0.2) is 4.98 Å². The van der Waals surface area contributed by atoms with Crippen molar-refractivity contribution in [2.75, 3.05) is 5.32 Å². The van der Waals surface area contributed by atoms with Crippen LogP contribution in [0.4, 0.5) is 5.95 Å². The first-order valence-corrected chi connectivity index (χ1v) is 6.27. The van der Waals surface area contributed by atoms with E-state index >= 15 is 0 Å². The highest BCUT2D eigenvalue weighted by Crippen LogP contribution is 2.35. The molecule has 88 valence electrons. The molecular weight excluding hydrogens is 200 g/mol. The van der Waals surface area contributed by atoms with E-state index in [4.69, 9.17) is 0 Å². The van der Waals surface area contributed by atoms with Gasteiger partial charge >= 0.3 is 0 Å². The molecule has 1 aliphatic rings. The van der Waals surface area contributed by atoms with Gasteiger partial charge in [0.25, 0.3) is 0 Å². The van der Waals surface area contributed by atoms with Gasteiger partial charge in [0.05, 0.1) is 11.4 Å². The van der Waals surface area contributed by atoms with Gasteiger partial charge in [-0.05, 0) is 25.2 Å². The van der Waals surface area contributed by atoms with E-state index in [1.54, 1.807) is 0 Å². The molecule has 2 atom stereocenters. The average Bonchev–Trinajstić information content (AvgIpc) is 3.07. The summed E-state index contributed by atoms with van der Waals surface area (Å²) in [5.41, 5.74) is 2.10. The minimum absolute atomic E-state index is 0.573. The lowest BCUT2D eigenvalue weighted by Crippen LogP contribution is -2.12. The zero-order valence-electron chi connectivity index (χ0n) is 10.3. The fourth-order valence-corrected chi connectivity index (χ4v) is 2.04. The Labute approximate surface area is 96.9 Å². The largest absolute Gasteiger partial charge is 0.350 e. The highest BCUT2D eigenvalue weighted by atomic mass is 15.3. The molecule has 16 heavy (non-hydrogen) atoms. The lowest BCUT2D eigenvalue weighted by Gasteiger charge is -2.07. The van der Waals surface area contributed by atoms with E-state index in [-0.39, 0.29) is 0 Å². The molecule has 0 amide bonds. The maximum atomic E-state index is 4.53. The second-order valence-electron chi connectivity index (χ2n) is 4.39. The summed E-state index contributed by atoms with van der Waals surface area (Å²) in [4.78, 5) is 4.53. The van der Waals surface area contributed by atoms with E-state index in [0.717, 1.165) is 30.1 Å². The van der Waals surface area contributed by atoms with E-state index in [1.165, 1.54) is 12.8 Å². The van der Waals surface area contributed by atoms with E-state index in [0.29, 0.717) is 12.0 Å². The fraction of sp³-hybridized carbons (Fsp3) is 0.750. The zero-order chi connectivity index (χ0) is 11.5. The minimum Gasteiger partial charge on any atom is -0.350 e. The number of anilines is 1. The van der Waals surface area contributed by atoms with Crippen LogP contribution in [0.2, 0.25) is 0 Å². The van der Waals surface area contributed by atoms with Crippen molar-refractivity contribution in [3.8, 4) is 0 Å². The van der Waals surface area contributed by atoms with Crippen LogP contribution in [0.15, 0.2) is 0 Å². The van der Waals surface area contributed by atoms with Crippen LogP contribution >= 0.6 is 0 Å². The third-order valence-electron chi connectivity index (χ3n) is 3.27. The molecule has 1 fully saturated rings. The molecule has 1 aliphatic carbocycles. The van der Waals surface area contributed by atoms with Gasteiger partial charge in [0, 0.05) is 6.04 Å². The van der Waals surface area contributed by atoms with Crippen LogP contribution in [0.5, 0.6) is 0 Å². The van der Waals surface area contributed by atoms with Crippen LogP contribution < -0.4 is 5.32 Å². The Hall–Kier alpha value is -1.19. The zero-order valence-corrected chi connectivity index (χ0v) is 10.3. The topological polar surface area (TPSA) is 50.7 Å². The van der Waals surface area contributed by atoms with Gasteiger partial charge in [-0.3, -0.25) is 0 Å². The number of hydrogen-bond acceptors (Lipinski definition) is 4. The third-order valence-corrected chi connectivity index (χ3v) is 3.27. The number of rotatable bonds is 5. The first-order valence-electron chi connectivity index (χ1n) is 6.27. The van der Waals surface area contributed by atoms with Crippen LogP contribution in [-0.4, -0.2) is 21.2 Å². The fourth-order valence-electron chi connectivity index (χ4n) is 2.04. The maximum Gasteiger partial charge on any atom is 0.243 e. The van der Waals surface area contributed by atoms with Crippen LogP contribution in [0.25, 0.3) is 0 Å². The smallest absolute Gasteiger partial charge is 0.243 e. The van der Waals surface area contributed by atoms with Gasteiger partial charge in [-0.1, -0.05) is 27.2 Å². The lowest BCUT2D eigenvalue weighted by molar-refractivity contribution is 0.761. The Bertz CT molecular complexity index is 364. The molecule has 1 N–H and O–H groups in total. The number of nitrogens with zero attached hydrogens (tertiary/aromatic N) is 3. The molecule has 0 spiro atoms. The Balaban J connectivity index is 2.05. The molecule has 2 rings (SSSR count). The minimum atomic E-state index is 0.573. The van der Waals surface area contributed by atoms with Crippen molar-refractivity contribution >= 4 is 5.95 Å². The predicted octanol–water partition coefficient (Wildman–Crippen LogP) is 2.21. The Morgan fingerprint density at radius 2 is 1.88 bits per heavy atom. The molecular formula is C12H20N4. The van der Waals surface area contributed by atoms with Crippen molar-refractivity contribution in [2.45, 2.75) is 52.5 Å². The predicted molar refractivity (Wildman–Crippen MR) is 64.4 cm³/mol. The van der Waals surface area contributed by atoms with Crippen molar-refractivity contribution in [2.24, 2.45) is 5.92 Å². The van der Waals surface area contributed by atoms with Crippen molar-refractivity contribution in [1.29, 1.82) is 0 Å². The molecule has 0 bridgehead atoms. The molecule has 1 heterocycles. The van der Waals surface area contributed by atoms with E-state index in [1.807, 2.05) is 0 Å². The molecule has 2 unspecified atom stereocenters. The van der Waals surface area contributed by atoms with Gasteiger partial charge in [-0.2, -0.15) is 5.10 Å². The second-order valence-corrected chi connectivity index (χ2v) is 4.39.